The Hall–Kier alpha value is -2.64. The van der Waals surface area contributed by atoms with Crippen LogP contribution >= 0.6 is 24.0 Å². The Morgan fingerprint density at radius 1 is 1.31 bits per heavy atom. The van der Waals surface area contributed by atoms with Gasteiger partial charge in [0.1, 0.15) is 21.8 Å². The van der Waals surface area contributed by atoms with E-state index in [0.717, 1.165) is 0 Å². The zero-order valence-electron chi connectivity index (χ0n) is 18.6. The lowest BCUT2D eigenvalue weighted by molar-refractivity contribution is -0.148. The fraction of sp³-hybridized carbons (Fsp3) is 0.500. The number of aromatic nitrogens is 1. The van der Waals surface area contributed by atoms with Crippen molar-refractivity contribution in [1.82, 2.24) is 9.47 Å². The molecule has 0 unspecified atom stereocenters. The van der Waals surface area contributed by atoms with Gasteiger partial charge in [-0.25, -0.2) is 0 Å². The Labute approximate surface area is 196 Å². The number of ether oxygens (including phenoxy) is 1. The van der Waals surface area contributed by atoms with Crippen LogP contribution in [0.3, 0.4) is 0 Å². The van der Waals surface area contributed by atoms with E-state index in [0.29, 0.717) is 65.3 Å². The van der Waals surface area contributed by atoms with Crippen LogP contribution in [0.1, 0.15) is 43.4 Å². The van der Waals surface area contributed by atoms with Gasteiger partial charge in [0, 0.05) is 32.2 Å². The van der Waals surface area contributed by atoms with Crippen molar-refractivity contribution in [3.05, 3.63) is 31.9 Å². The summed E-state index contributed by atoms with van der Waals surface area (Å²) in [5.74, 6) is 0.0898. The second-order valence-electron chi connectivity index (χ2n) is 7.65. The lowest BCUT2D eigenvalue weighted by Gasteiger charge is -2.35. The van der Waals surface area contributed by atoms with Crippen molar-refractivity contribution in [2.24, 2.45) is 5.92 Å². The molecule has 1 aromatic heterocycles. The average Bonchev–Trinajstić information content (AvgIpc) is 3.02. The van der Waals surface area contributed by atoms with Gasteiger partial charge in [-0.15, -0.1) is 0 Å². The molecule has 3 heterocycles. The van der Waals surface area contributed by atoms with Crippen molar-refractivity contribution in [2.45, 2.75) is 40.2 Å². The van der Waals surface area contributed by atoms with Gasteiger partial charge in [-0.2, -0.15) is 5.26 Å². The minimum atomic E-state index is -0.352. The lowest BCUT2D eigenvalue weighted by Crippen LogP contribution is -2.41. The zero-order valence-corrected chi connectivity index (χ0v) is 20.3. The molecule has 8 nitrogen and oxygen atoms in total. The van der Waals surface area contributed by atoms with Gasteiger partial charge >= 0.3 is 5.97 Å². The van der Waals surface area contributed by atoms with Crippen molar-refractivity contribution >= 4 is 52.1 Å². The van der Waals surface area contributed by atoms with Gasteiger partial charge in [0.05, 0.1) is 17.4 Å². The number of carbonyl (C=O) groups excluding carboxylic acids is 2. The molecular weight excluding hydrogens is 448 g/mol. The number of thiocarbonyl (C=S) groups is 1. The zero-order chi connectivity index (χ0) is 23.6. The van der Waals surface area contributed by atoms with Gasteiger partial charge in [0.2, 0.25) is 0 Å². The molecule has 32 heavy (non-hydrogen) atoms. The molecule has 0 N–H and O–H groups in total. The highest BCUT2D eigenvalue weighted by atomic mass is 32.2. The number of hydrogen-bond donors (Lipinski definition) is 0. The van der Waals surface area contributed by atoms with Crippen LogP contribution in [-0.4, -0.2) is 52.4 Å². The fourth-order valence-corrected chi connectivity index (χ4v) is 5.20. The molecule has 0 saturated carbocycles. The smallest absolute Gasteiger partial charge is 0.309 e. The van der Waals surface area contributed by atoms with Crippen molar-refractivity contribution in [2.75, 3.05) is 31.6 Å². The van der Waals surface area contributed by atoms with E-state index >= 15 is 0 Å². The van der Waals surface area contributed by atoms with E-state index in [1.54, 1.807) is 31.5 Å². The van der Waals surface area contributed by atoms with Gasteiger partial charge in [0.15, 0.2) is 0 Å². The molecule has 0 atom stereocenters. The number of rotatable bonds is 5. The van der Waals surface area contributed by atoms with E-state index in [1.165, 1.54) is 16.7 Å². The largest absolute Gasteiger partial charge is 0.466 e. The SMILES string of the molecule is CCOC(=O)C1CCN(c2c(/C=C3/SC(=S)N(C)C3=O)c(C)c(C#N)c(=O)n2CC)CC1. The van der Waals surface area contributed by atoms with Crippen LogP contribution in [0.25, 0.3) is 6.08 Å². The van der Waals surface area contributed by atoms with Crippen LogP contribution in [0, 0.1) is 24.2 Å². The molecule has 0 aliphatic carbocycles. The summed E-state index contributed by atoms with van der Waals surface area (Å²) in [7, 11) is 1.63. The van der Waals surface area contributed by atoms with E-state index in [-0.39, 0.29) is 28.9 Å². The molecule has 1 amide bonds. The Morgan fingerprint density at radius 2 is 1.97 bits per heavy atom. The third kappa shape index (κ3) is 4.32. The van der Waals surface area contributed by atoms with E-state index < -0.39 is 0 Å². The molecule has 2 aliphatic rings. The van der Waals surface area contributed by atoms with Crippen LogP contribution < -0.4 is 10.5 Å². The second kappa shape index (κ2) is 9.88. The molecule has 170 valence electrons. The third-order valence-corrected chi connectivity index (χ3v) is 7.32. The topological polar surface area (TPSA) is 95.6 Å². The van der Waals surface area contributed by atoms with Gasteiger partial charge < -0.3 is 9.64 Å². The van der Waals surface area contributed by atoms with Crippen LogP contribution in [-0.2, 0) is 20.9 Å². The summed E-state index contributed by atoms with van der Waals surface area (Å²) in [5, 5.41) is 9.64. The molecule has 3 rings (SSSR count). The number of amides is 1. The summed E-state index contributed by atoms with van der Waals surface area (Å²) in [6.45, 7) is 7.21. The quantitative estimate of drug-likeness (QED) is 0.365. The molecule has 1 aromatic rings. The third-order valence-electron chi connectivity index (χ3n) is 5.84. The summed E-state index contributed by atoms with van der Waals surface area (Å²) in [5.41, 5.74) is 0.906. The molecule has 10 heteroatoms. The number of esters is 1. The van der Waals surface area contributed by atoms with Crippen LogP contribution in [0.4, 0.5) is 5.82 Å². The van der Waals surface area contributed by atoms with E-state index in [4.69, 9.17) is 17.0 Å². The van der Waals surface area contributed by atoms with Gasteiger partial charge in [0.25, 0.3) is 11.5 Å². The van der Waals surface area contributed by atoms with Gasteiger partial charge in [-0.05, 0) is 45.3 Å². The maximum atomic E-state index is 13.0. The monoisotopic (exact) mass is 474 g/mol. The van der Waals surface area contributed by atoms with Gasteiger partial charge in [-0.3, -0.25) is 23.9 Å². The first kappa shape index (κ1) is 24.0. The number of likely N-dealkylation sites (N-methyl/N-ethyl adjacent to an activating group) is 1. The Balaban J connectivity index is 2.11. The molecule has 0 bridgehead atoms. The first-order valence-electron chi connectivity index (χ1n) is 10.6. The second-order valence-corrected chi connectivity index (χ2v) is 9.33. The van der Waals surface area contributed by atoms with E-state index in [2.05, 4.69) is 4.90 Å². The minimum Gasteiger partial charge on any atom is -0.466 e. The summed E-state index contributed by atoms with van der Waals surface area (Å²) in [4.78, 5) is 41.8. The number of thioether (sulfide) groups is 1. The Morgan fingerprint density at radius 3 is 2.47 bits per heavy atom. The number of carbonyl (C=O) groups is 2. The summed E-state index contributed by atoms with van der Waals surface area (Å²) in [6, 6.07) is 2.03. The number of hydrogen-bond acceptors (Lipinski definition) is 8. The first-order chi connectivity index (χ1) is 15.2. The fourth-order valence-electron chi connectivity index (χ4n) is 4.04. The average molecular weight is 475 g/mol. The van der Waals surface area contributed by atoms with Crippen molar-refractivity contribution < 1.29 is 14.3 Å². The van der Waals surface area contributed by atoms with E-state index in [9.17, 15) is 19.6 Å². The molecule has 0 radical (unpaired) electrons. The molecule has 2 aliphatic heterocycles. The molecule has 0 aromatic carbocycles. The number of nitrogens with zero attached hydrogens (tertiary/aromatic N) is 4. The Kier molecular flexibility index (Phi) is 7.41. The predicted octanol–water partition coefficient (Wildman–Crippen LogP) is 2.66. The highest BCUT2D eigenvalue weighted by Gasteiger charge is 2.32. The van der Waals surface area contributed by atoms with Crippen LogP contribution in [0.15, 0.2) is 9.70 Å². The standard InChI is InChI=1S/C22H26N4O4S2/c1-5-26-18(25-9-7-14(8-10-25)21(29)30-6-2)15(13(3)16(12-23)19(26)27)11-17-20(28)24(4)22(31)32-17/h11,14H,5-10H2,1-4H3/b17-11+. The van der Waals surface area contributed by atoms with Crippen LogP contribution in [0.5, 0.6) is 0 Å². The molecule has 2 saturated heterocycles. The molecule has 2 fully saturated rings. The normalized spacial score (nSPS) is 18.4. The lowest BCUT2D eigenvalue weighted by atomic mass is 9.95. The van der Waals surface area contributed by atoms with Crippen molar-refractivity contribution in [3.8, 4) is 6.07 Å². The van der Waals surface area contributed by atoms with Gasteiger partial charge in [-0.1, -0.05) is 24.0 Å². The first-order valence-corrected chi connectivity index (χ1v) is 11.8. The molecular formula is C22H26N4O4S2. The minimum absolute atomic E-state index is 0.0650. The maximum absolute atomic E-state index is 13.0. The summed E-state index contributed by atoms with van der Waals surface area (Å²) in [6.07, 6.45) is 2.94. The number of piperidine rings is 1. The number of pyridine rings is 1. The van der Waals surface area contributed by atoms with Crippen LogP contribution in [0.2, 0.25) is 0 Å². The Bertz CT molecular complexity index is 1090. The molecule has 0 spiro atoms. The van der Waals surface area contributed by atoms with Crippen molar-refractivity contribution in [3.63, 3.8) is 0 Å². The highest BCUT2D eigenvalue weighted by Crippen LogP contribution is 2.36. The van der Waals surface area contributed by atoms with E-state index in [1.807, 2.05) is 13.0 Å². The number of anilines is 1. The highest BCUT2D eigenvalue weighted by molar-refractivity contribution is 8.26. The summed E-state index contributed by atoms with van der Waals surface area (Å²) >= 11 is 6.45. The summed E-state index contributed by atoms with van der Waals surface area (Å²) < 4.78 is 7.20. The maximum Gasteiger partial charge on any atom is 0.309 e. The predicted molar refractivity (Wildman–Crippen MR) is 128 cm³/mol. The van der Waals surface area contributed by atoms with Crippen molar-refractivity contribution in [1.29, 1.82) is 5.26 Å². The number of nitriles is 1.